The van der Waals surface area contributed by atoms with Crippen molar-refractivity contribution in [2.75, 3.05) is 19.4 Å². The normalized spacial score (nSPS) is 12.0. The maximum Gasteiger partial charge on any atom is 0.321 e. The summed E-state index contributed by atoms with van der Waals surface area (Å²) in [6.45, 7) is 4.30. The smallest absolute Gasteiger partial charge is 0.321 e. The van der Waals surface area contributed by atoms with Crippen LogP contribution in [0.5, 0.6) is 0 Å². The second kappa shape index (κ2) is 6.40. The maximum absolute atomic E-state index is 13.4. The summed E-state index contributed by atoms with van der Waals surface area (Å²) in [5.41, 5.74) is 5.40. The molecule has 0 bridgehead atoms. The Morgan fingerprint density at radius 1 is 1.43 bits per heavy atom. The minimum absolute atomic E-state index is 0.126. The highest BCUT2D eigenvalue weighted by Crippen LogP contribution is 2.25. The predicted molar refractivity (Wildman–Crippen MR) is 76.6 cm³/mol. The van der Waals surface area contributed by atoms with E-state index in [1.807, 2.05) is 0 Å². The number of nitrogen functional groups attached to an aromatic ring is 1. The number of halogens is 1. The summed E-state index contributed by atoms with van der Waals surface area (Å²) < 4.78 is 44.2. The molecule has 0 saturated heterocycles. The summed E-state index contributed by atoms with van der Waals surface area (Å²) >= 11 is 0. The molecule has 118 valence electrons. The summed E-state index contributed by atoms with van der Waals surface area (Å²) in [4.78, 5) is 11.3. The molecule has 0 heterocycles. The SMILES string of the molecule is COC(=O)CN(C(C)C)S(=O)(=O)c1cc(N)c(F)cc1C. The molecule has 0 aromatic heterocycles. The van der Waals surface area contributed by atoms with Gasteiger partial charge in [-0.2, -0.15) is 4.31 Å². The van der Waals surface area contributed by atoms with E-state index in [-0.39, 0.29) is 16.1 Å². The number of nitrogens with two attached hydrogens (primary N) is 1. The fourth-order valence-electron chi connectivity index (χ4n) is 1.81. The van der Waals surface area contributed by atoms with Crippen molar-refractivity contribution in [1.82, 2.24) is 4.31 Å². The second-order valence-corrected chi connectivity index (χ2v) is 6.72. The molecule has 0 saturated carbocycles. The lowest BCUT2D eigenvalue weighted by Crippen LogP contribution is -2.41. The van der Waals surface area contributed by atoms with E-state index in [1.54, 1.807) is 13.8 Å². The summed E-state index contributed by atoms with van der Waals surface area (Å²) in [7, 11) is -2.81. The van der Waals surface area contributed by atoms with E-state index in [9.17, 15) is 17.6 Å². The van der Waals surface area contributed by atoms with E-state index < -0.39 is 34.4 Å². The number of hydrogen-bond donors (Lipinski definition) is 1. The van der Waals surface area contributed by atoms with E-state index in [1.165, 1.54) is 14.0 Å². The molecule has 1 aromatic carbocycles. The molecule has 0 radical (unpaired) electrons. The average molecular weight is 318 g/mol. The number of hydrogen-bond acceptors (Lipinski definition) is 5. The van der Waals surface area contributed by atoms with Crippen LogP contribution < -0.4 is 5.73 Å². The van der Waals surface area contributed by atoms with Crippen molar-refractivity contribution in [1.29, 1.82) is 0 Å². The lowest BCUT2D eigenvalue weighted by Gasteiger charge is -2.25. The molecule has 2 N–H and O–H groups in total. The van der Waals surface area contributed by atoms with Gasteiger partial charge in [0.25, 0.3) is 0 Å². The summed E-state index contributed by atoms with van der Waals surface area (Å²) in [5.74, 6) is -1.37. The van der Waals surface area contributed by atoms with Crippen LogP contribution in [0.3, 0.4) is 0 Å². The molecule has 0 atom stereocenters. The standard InChI is InChI=1S/C13H19FN2O4S/c1-8(2)16(7-13(17)20-4)21(18,19)12-6-11(15)10(14)5-9(12)3/h5-6,8H,7,15H2,1-4H3. The number of benzene rings is 1. The number of methoxy groups -OCH3 is 1. The molecule has 0 aliphatic rings. The van der Waals surface area contributed by atoms with Crippen LogP contribution in [-0.4, -0.2) is 38.4 Å². The molecule has 0 aliphatic carbocycles. The van der Waals surface area contributed by atoms with Gasteiger partial charge in [-0.25, -0.2) is 12.8 Å². The highest BCUT2D eigenvalue weighted by atomic mass is 32.2. The largest absolute Gasteiger partial charge is 0.468 e. The number of esters is 1. The van der Waals surface area contributed by atoms with Gasteiger partial charge in [0.15, 0.2) is 0 Å². The van der Waals surface area contributed by atoms with Gasteiger partial charge in [0.05, 0.1) is 17.7 Å². The number of sulfonamides is 1. The number of rotatable bonds is 5. The Kier molecular flexibility index (Phi) is 5.30. The van der Waals surface area contributed by atoms with Crippen LogP contribution in [0.25, 0.3) is 0 Å². The highest BCUT2D eigenvalue weighted by molar-refractivity contribution is 7.89. The number of carbonyl (C=O) groups is 1. The van der Waals surface area contributed by atoms with Crippen LogP contribution >= 0.6 is 0 Å². The Morgan fingerprint density at radius 3 is 2.48 bits per heavy atom. The first-order valence-corrected chi connectivity index (χ1v) is 7.69. The first kappa shape index (κ1) is 17.4. The molecule has 21 heavy (non-hydrogen) atoms. The zero-order chi connectivity index (χ0) is 16.4. The van der Waals surface area contributed by atoms with E-state index >= 15 is 0 Å². The Morgan fingerprint density at radius 2 is 2.00 bits per heavy atom. The van der Waals surface area contributed by atoms with Gasteiger partial charge in [-0.05, 0) is 38.5 Å². The van der Waals surface area contributed by atoms with Gasteiger partial charge in [0.2, 0.25) is 10.0 Å². The summed E-state index contributed by atoms with van der Waals surface area (Å²) in [6.07, 6.45) is 0. The zero-order valence-corrected chi connectivity index (χ0v) is 13.2. The lowest BCUT2D eigenvalue weighted by atomic mass is 10.2. The van der Waals surface area contributed by atoms with E-state index in [0.717, 1.165) is 16.4 Å². The Balaban J connectivity index is 3.36. The van der Waals surface area contributed by atoms with E-state index in [2.05, 4.69) is 4.74 Å². The summed E-state index contributed by atoms with van der Waals surface area (Å²) in [6, 6.07) is 1.64. The van der Waals surface area contributed by atoms with Gasteiger partial charge in [0.1, 0.15) is 12.4 Å². The zero-order valence-electron chi connectivity index (χ0n) is 12.4. The number of carbonyl (C=O) groups excluding carboxylic acids is 1. The summed E-state index contributed by atoms with van der Waals surface area (Å²) in [5, 5.41) is 0. The molecule has 6 nitrogen and oxygen atoms in total. The van der Waals surface area contributed by atoms with Crippen molar-refractivity contribution in [3.05, 3.63) is 23.5 Å². The molecule has 0 spiro atoms. The Hall–Kier alpha value is -1.67. The van der Waals surface area contributed by atoms with Crippen molar-refractivity contribution in [3.63, 3.8) is 0 Å². The van der Waals surface area contributed by atoms with Crippen molar-refractivity contribution in [2.45, 2.75) is 31.7 Å². The van der Waals surface area contributed by atoms with Crippen LogP contribution in [0.2, 0.25) is 0 Å². The molecular weight excluding hydrogens is 299 g/mol. The predicted octanol–water partition coefficient (Wildman–Crippen LogP) is 1.29. The highest BCUT2D eigenvalue weighted by Gasteiger charge is 2.31. The van der Waals surface area contributed by atoms with Crippen molar-refractivity contribution < 1.29 is 22.3 Å². The topological polar surface area (TPSA) is 89.7 Å². The van der Waals surface area contributed by atoms with E-state index in [4.69, 9.17) is 5.73 Å². The molecule has 0 fully saturated rings. The third kappa shape index (κ3) is 3.70. The number of ether oxygens (including phenoxy) is 1. The van der Waals surface area contributed by atoms with Crippen LogP contribution in [-0.2, 0) is 19.6 Å². The van der Waals surface area contributed by atoms with Gasteiger partial charge < -0.3 is 10.5 Å². The van der Waals surface area contributed by atoms with Gasteiger partial charge >= 0.3 is 5.97 Å². The molecule has 0 amide bonds. The Bertz CT molecular complexity index is 644. The molecule has 8 heteroatoms. The maximum atomic E-state index is 13.4. The molecule has 0 aliphatic heterocycles. The third-order valence-electron chi connectivity index (χ3n) is 2.97. The monoisotopic (exact) mass is 318 g/mol. The minimum Gasteiger partial charge on any atom is -0.468 e. The molecule has 1 rings (SSSR count). The fraction of sp³-hybridized carbons (Fsp3) is 0.462. The van der Waals surface area contributed by atoms with Gasteiger partial charge in [-0.15, -0.1) is 0 Å². The first-order valence-electron chi connectivity index (χ1n) is 6.25. The Labute approximate surface area is 123 Å². The number of anilines is 1. The van der Waals surface area contributed by atoms with Crippen molar-refractivity contribution >= 4 is 21.7 Å². The van der Waals surface area contributed by atoms with Gasteiger partial charge in [-0.3, -0.25) is 4.79 Å². The molecular formula is C13H19FN2O4S. The number of nitrogens with zero attached hydrogens (tertiary/aromatic N) is 1. The van der Waals surface area contributed by atoms with Gasteiger partial charge in [-0.1, -0.05) is 0 Å². The molecule has 0 unspecified atom stereocenters. The van der Waals surface area contributed by atoms with Crippen molar-refractivity contribution in [2.24, 2.45) is 0 Å². The van der Waals surface area contributed by atoms with Crippen LogP contribution in [0, 0.1) is 12.7 Å². The second-order valence-electron chi connectivity index (χ2n) is 4.86. The quantitative estimate of drug-likeness (QED) is 0.652. The van der Waals surface area contributed by atoms with Gasteiger partial charge in [0, 0.05) is 6.04 Å². The number of aryl methyl sites for hydroxylation is 1. The fourth-order valence-corrected chi connectivity index (χ4v) is 3.63. The first-order chi connectivity index (χ1) is 9.61. The van der Waals surface area contributed by atoms with Crippen molar-refractivity contribution in [3.8, 4) is 0 Å². The van der Waals surface area contributed by atoms with E-state index in [0.29, 0.717) is 0 Å². The lowest BCUT2D eigenvalue weighted by molar-refractivity contribution is -0.141. The van der Waals surface area contributed by atoms with Crippen LogP contribution in [0.15, 0.2) is 17.0 Å². The van der Waals surface area contributed by atoms with Crippen LogP contribution in [0.4, 0.5) is 10.1 Å². The van der Waals surface area contributed by atoms with Crippen LogP contribution in [0.1, 0.15) is 19.4 Å². The minimum atomic E-state index is -3.99. The average Bonchev–Trinajstić information content (AvgIpc) is 2.38. The third-order valence-corrected chi connectivity index (χ3v) is 5.13. The molecule has 1 aromatic rings.